The van der Waals surface area contributed by atoms with E-state index in [4.69, 9.17) is 9.47 Å². The van der Waals surface area contributed by atoms with Gasteiger partial charge in [0.05, 0.1) is 26.0 Å². The van der Waals surface area contributed by atoms with Crippen LogP contribution in [0.2, 0.25) is 0 Å². The van der Waals surface area contributed by atoms with E-state index in [-0.39, 0.29) is 11.9 Å². The van der Waals surface area contributed by atoms with E-state index in [2.05, 4.69) is 15.2 Å². The van der Waals surface area contributed by atoms with Gasteiger partial charge in [-0.3, -0.25) is 9.89 Å². The Morgan fingerprint density at radius 3 is 2.92 bits per heavy atom. The minimum atomic E-state index is 0.00651. The topological polar surface area (TPSA) is 80.3 Å². The number of nitrogens with zero attached hydrogens (tertiary/aromatic N) is 3. The SMILES string of the molecule is COc1ccc(OC)c([C@H]2CCCN2C(=O)CSc2n[nH]c(C)n2)c1. The van der Waals surface area contributed by atoms with E-state index in [1.807, 2.05) is 30.0 Å². The van der Waals surface area contributed by atoms with Crippen molar-refractivity contribution in [1.29, 1.82) is 0 Å². The molecule has 0 radical (unpaired) electrons. The monoisotopic (exact) mass is 362 g/mol. The molecule has 134 valence electrons. The summed E-state index contributed by atoms with van der Waals surface area (Å²) in [6, 6.07) is 5.72. The molecule has 1 aliphatic rings. The molecule has 1 aliphatic heterocycles. The molecule has 25 heavy (non-hydrogen) atoms. The highest BCUT2D eigenvalue weighted by Crippen LogP contribution is 2.39. The molecule has 0 saturated carbocycles. The van der Waals surface area contributed by atoms with Crippen LogP contribution < -0.4 is 9.47 Å². The summed E-state index contributed by atoms with van der Waals surface area (Å²) in [4.78, 5) is 18.9. The summed E-state index contributed by atoms with van der Waals surface area (Å²) in [5.74, 6) is 2.69. The lowest BCUT2D eigenvalue weighted by Crippen LogP contribution is -2.32. The number of rotatable bonds is 6. The molecule has 1 aromatic heterocycles. The first-order valence-electron chi connectivity index (χ1n) is 8.15. The number of thioether (sulfide) groups is 1. The Hall–Kier alpha value is -2.22. The van der Waals surface area contributed by atoms with E-state index in [0.717, 1.165) is 42.3 Å². The standard InChI is InChI=1S/C17H22N4O3S/c1-11-18-17(20-19-11)25-10-16(22)21-8-4-5-14(21)13-9-12(23-2)6-7-15(13)24-3/h6-7,9,14H,4-5,8,10H2,1-3H3,(H,18,19,20)/t14-/m1/s1. The normalized spacial score (nSPS) is 16.9. The van der Waals surface area contributed by atoms with Crippen molar-refractivity contribution in [2.75, 3.05) is 26.5 Å². The Labute approximate surface area is 151 Å². The Morgan fingerprint density at radius 2 is 2.24 bits per heavy atom. The summed E-state index contributed by atoms with van der Waals surface area (Å²) < 4.78 is 10.8. The molecule has 1 aromatic carbocycles. The summed E-state index contributed by atoms with van der Waals surface area (Å²) >= 11 is 1.35. The van der Waals surface area contributed by atoms with Crippen LogP contribution in [0.3, 0.4) is 0 Å². The first-order valence-corrected chi connectivity index (χ1v) is 9.14. The number of hydrogen-bond acceptors (Lipinski definition) is 6. The number of methoxy groups -OCH3 is 2. The molecule has 0 unspecified atom stereocenters. The van der Waals surface area contributed by atoms with Gasteiger partial charge in [-0.25, -0.2) is 4.98 Å². The second kappa shape index (κ2) is 7.77. The van der Waals surface area contributed by atoms with E-state index in [1.165, 1.54) is 11.8 Å². The van der Waals surface area contributed by atoms with Gasteiger partial charge in [0.2, 0.25) is 11.1 Å². The van der Waals surface area contributed by atoms with Gasteiger partial charge in [-0.2, -0.15) is 0 Å². The van der Waals surface area contributed by atoms with Crippen LogP contribution in [-0.2, 0) is 4.79 Å². The van der Waals surface area contributed by atoms with Gasteiger partial charge in [-0.1, -0.05) is 11.8 Å². The highest BCUT2D eigenvalue weighted by molar-refractivity contribution is 7.99. The van der Waals surface area contributed by atoms with Crippen LogP contribution in [0.1, 0.15) is 30.3 Å². The minimum Gasteiger partial charge on any atom is -0.497 e. The molecule has 0 spiro atoms. The predicted molar refractivity (Wildman–Crippen MR) is 95.1 cm³/mol. The molecular weight excluding hydrogens is 340 g/mol. The smallest absolute Gasteiger partial charge is 0.233 e. The van der Waals surface area contributed by atoms with Crippen molar-refractivity contribution in [3.05, 3.63) is 29.6 Å². The van der Waals surface area contributed by atoms with Crippen LogP contribution in [0, 0.1) is 6.92 Å². The van der Waals surface area contributed by atoms with Crippen LogP contribution >= 0.6 is 11.8 Å². The highest BCUT2D eigenvalue weighted by Gasteiger charge is 2.32. The number of aromatic nitrogens is 3. The first kappa shape index (κ1) is 17.6. The zero-order valence-electron chi connectivity index (χ0n) is 14.6. The second-order valence-electron chi connectivity index (χ2n) is 5.85. The Bertz CT molecular complexity index is 749. The van der Waals surface area contributed by atoms with Crippen molar-refractivity contribution < 1.29 is 14.3 Å². The average Bonchev–Trinajstić information content (AvgIpc) is 3.28. The number of likely N-dealkylation sites (tertiary alicyclic amines) is 1. The number of nitrogens with one attached hydrogen (secondary N) is 1. The Kier molecular flexibility index (Phi) is 5.47. The van der Waals surface area contributed by atoms with Crippen LogP contribution in [0.4, 0.5) is 0 Å². The van der Waals surface area contributed by atoms with E-state index < -0.39 is 0 Å². The van der Waals surface area contributed by atoms with Crippen molar-refractivity contribution in [1.82, 2.24) is 20.1 Å². The summed E-state index contributed by atoms with van der Waals surface area (Å²) in [7, 11) is 3.28. The van der Waals surface area contributed by atoms with Gasteiger partial charge < -0.3 is 14.4 Å². The lowest BCUT2D eigenvalue weighted by molar-refractivity contribution is -0.129. The third-order valence-electron chi connectivity index (χ3n) is 4.27. The Balaban J connectivity index is 1.74. The molecule has 2 heterocycles. The molecule has 0 aliphatic carbocycles. The van der Waals surface area contributed by atoms with Crippen LogP contribution in [0.15, 0.2) is 23.4 Å². The average molecular weight is 362 g/mol. The fourth-order valence-corrected chi connectivity index (χ4v) is 3.81. The van der Waals surface area contributed by atoms with E-state index in [0.29, 0.717) is 10.9 Å². The fourth-order valence-electron chi connectivity index (χ4n) is 3.08. The number of benzene rings is 1. The van der Waals surface area contributed by atoms with Gasteiger partial charge in [-0.15, -0.1) is 5.10 Å². The lowest BCUT2D eigenvalue weighted by atomic mass is 10.0. The largest absolute Gasteiger partial charge is 0.497 e. The number of H-pyrrole nitrogens is 1. The fraction of sp³-hybridized carbons (Fsp3) is 0.471. The molecule has 2 aromatic rings. The molecule has 1 N–H and O–H groups in total. The van der Waals surface area contributed by atoms with Crippen LogP contribution in [0.5, 0.6) is 11.5 Å². The predicted octanol–water partition coefficient (Wildman–Crippen LogP) is 2.59. The van der Waals surface area contributed by atoms with Crippen molar-refractivity contribution in [2.24, 2.45) is 0 Å². The molecule has 1 saturated heterocycles. The number of aryl methyl sites for hydroxylation is 1. The van der Waals surface area contributed by atoms with Gasteiger partial charge in [0.15, 0.2) is 0 Å². The minimum absolute atomic E-state index is 0.00651. The third kappa shape index (κ3) is 3.89. The molecule has 1 fully saturated rings. The summed E-state index contributed by atoms with van der Waals surface area (Å²) in [6.45, 7) is 2.59. The Morgan fingerprint density at radius 1 is 1.40 bits per heavy atom. The maximum atomic E-state index is 12.7. The van der Waals surface area contributed by atoms with Crippen LogP contribution in [-0.4, -0.2) is 52.5 Å². The number of aromatic amines is 1. The summed E-state index contributed by atoms with van der Waals surface area (Å²) in [6.07, 6.45) is 1.89. The van der Waals surface area contributed by atoms with Crippen molar-refractivity contribution in [3.8, 4) is 11.5 Å². The number of amides is 1. The molecule has 8 heteroatoms. The first-order chi connectivity index (χ1) is 12.1. The van der Waals surface area contributed by atoms with E-state index >= 15 is 0 Å². The molecular formula is C17H22N4O3S. The van der Waals surface area contributed by atoms with Crippen molar-refractivity contribution in [2.45, 2.75) is 31.0 Å². The van der Waals surface area contributed by atoms with Gasteiger partial charge in [0.1, 0.15) is 17.3 Å². The quantitative estimate of drug-likeness (QED) is 0.796. The number of hydrogen-bond donors (Lipinski definition) is 1. The van der Waals surface area contributed by atoms with Gasteiger partial charge in [0.25, 0.3) is 0 Å². The highest BCUT2D eigenvalue weighted by atomic mass is 32.2. The molecule has 7 nitrogen and oxygen atoms in total. The molecule has 1 amide bonds. The second-order valence-corrected chi connectivity index (χ2v) is 6.79. The maximum absolute atomic E-state index is 12.7. The van der Waals surface area contributed by atoms with E-state index in [1.54, 1.807) is 14.2 Å². The van der Waals surface area contributed by atoms with Crippen molar-refractivity contribution >= 4 is 17.7 Å². The van der Waals surface area contributed by atoms with Crippen LogP contribution in [0.25, 0.3) is 0 Å². The molecule has 1 atom stereocenters. The van der Waals surface area contributed by atoms with Gasteiger partial charge in [0, 0.05) is 12.1 Å². The maximum Gasteiger partial charge on any atom is 0.233 e. The van der Waals surface area contributed by atoms with Gasteiger partial charge in [-0.05, 0) is 38.0 Å². The number of carbonyl (C=O) groups excluding carboxylic acids is 1. The molecule has 0 bridgehead atoms. The molecule has 3 rings (SSSR count). The number of carbonyl (C=O) groups is 1. The zero-order chi connectivity index (χ0) is 17.8. The number of ether oxygens (including phenoxy) is 2. The summed E-state index contributed by atoms with van der Waals surface area (Å²) in [5, 5.41) is 7.45. The summed E-state index contributed by atoms with van der Waals surface area (Å²) in [5.41, 5.74) is 0.992. The lowest BCUT2D eigenvalue weighted by Gasteiger charge is -2.26. The van der Waals surface area contributed by atoms with Crippen molar-refractivity contribution in [3.63, 3.8) is 0 Å². The zero-order valence-corrected chi connectivity index (χ0v) is 15.4. The third-order valence-corrected chi connectivity index (χ3v) is 5.10. The van der Waals surface area contributed by atoms with E-state index in [9.17, 15) is 4.79 Å². The van der Waals surface area contributed by atoms with Gasteiger partial charge >= 0.3 is 0 Å².